The Bertz CT molecular complexity index is 1250. The van der Waals surface area contributed by atoms with Gasteiger partial charge in [0.25, 0.3) is 11.8 Å². The number of pyridine rings is 1. The van der Waals surface area contributed by atoms with Crippen molar-refractivity contribution >= 4 is 34.8 Å². The topological polar surface area (TPSA) is 102 Å². The maximum Gasteiger partial charge on any atom is 0.291 e. The normalized spacial score (nSPS) is 10.7. The van der Waals surface area contributed by atoms with Gasteiger partial charge in [0.05, 0.1) is 17.0 Å². The number of nitrogens with one attached hydrogen (secondary N) is 2. The highest BCUT2D eigenvalue weighted by atomic mass is 35.5. The number of anilines is 2. The summed E-state index contributed by atoms with van der Waals surface area (Å²) in [6, 6.07) is 15.1. The molecule has 4 aromatic rings. The Morgan fingerprint density at radius 2 is 1.65 bits per heavy atom. The van der Waals surface area contributed by atoms with Gasteiger partial charge in [-0.3, -0.25) is 9.59 Å². The van der Waals surface area contributed by atoms with Gasteiger partial charge in [-0.15, -0.1) is 0 Å². The Morgan fingerprint density at radius 3 is 2.23 bits per heavy atom. The van der Waals surface area contributed by atoms with Crippen molar-refractivity contribution in [3.8, 4) is 5.82 Å². The van der Waals surface area contributed by atoms with Crippen molar-refractivity contribution in [1.29, 1.82) is 0 Å². The summed E-state index contributed by atoms with van der Waals surface area (Å²) in [7, 11) is 0. The molecule has 31 heavy (non-hydrogen) atoms. The molecule has 0 aliphatic carbocycles. The molecule has 0 radical (unpaired) electrons. The molecule has 0 atom stereocenters. The van der Waals surface area contributed by atoms with Crippen LogP contribution in [-0.4, -0.2) is 26.6 Å². The molecule has 8 nitrogen and oxygen atoms in total. The molecular weight excluding hydrogens is 418 g/mol. The van der Waals surface area contributed by atoms with E-state index in [0.717, 1.165) is 11.4 Å². The molecule has 0 aliphatic heterocycles. The fourth-order valence-corrected chi connectivity index (χ4v) is 3.19. The minimum atomic E-state index is -0.458. The molecule has 3 aromatic heterocycles. The summed E-state index contributed by atoms with van der Waals surface area (Å²) in [5, 5.41) is 10.1. The maximum absolute atomic E-state index is 12.8. The summed E-state index contributed by atoms with van der Waals surface area (Å²) in [5.41, 5.74) is 2.91. The van der Waals surface area contributed by atoms with Crippen LogP contribution in [0, 0.1) is 13.8 Å². The zero-order valence-electron chi connectivity index (χ0n) is 16.7. The third kappa shape index (κ3) is 4.49. The number of aromatic nitrogens is 3. The first-order valence-electron chi connectivity index (χ1n) is 9.37. The van der Waals surface area contributed by atoms with Gasteiger partial charge in [-0.05, 0) is 68.4 Å². The van der Waals surface area contributed by atoms with E-state index >= 15 is 0 Å². The molecule has 0 fully saturated rings. The van der Waals surface area contributed by atoms with Crippen LogP contribution in [0.15, 0.2) is 65.3 Å². The van der Waals surface area contributed by atoms with E-state index in [4.69, 9.17) is 16.0 Å². The van der Waals surface area contributed by atoms with E-state index in [2.05, 4.69) is 20.7 Å². The van der Waals surface area contributed by atoms with Crippen LogP contribution >= 0.6 is 11.6 Å². The molecule has 2 N–H and O–H groups in total. The molecule has 0 unspecified atom stereocenters. The molecule has 3 heterocycles. The molecular formula is C22H18ClN5O3. The van der Waals surface area contributed by atoms with E-state index in [9.17, 15) is 9.59 Å². The zero-order valence-corrected chi connectivity index (χ0v) is 17.5. The molecule has 0 saturated heterocycles. The molecule has 1 aromatic carbocycles. The predicted molar refractivity (Wildman–Crippen MR) is 117 cm³/mol. The van der Waals surface area contributed by atoms with Crippen LogP contribution in [0.1, 0.15) is 32.4 Å². The predicted octanol–water partition coefficient (Wildman–Crippen LogP) is 4.64. The number of hydrogen-bond acceptors (Lipinski definition) is 5. The third-order valence-corrected chi connectivity index (χ3v) is 4.72. The standard InChI is InChI=1S/C22H18ClN5O3/c1-13-12-14(2)28(27-13)19-10-9-17(23)20(26-19)22(30)25-16-7-5-15(6-8-16)24-21(29)18-4-3-11-31-18/h3-12H,1-2H3,(H,24,29)(H,25,30). The Balaban J connectivity index is 1.48. The summed E-state index contributed by atoms with van der Waals surface area (Å²) in [6.07, 6.45) is 1.43. The van der Waals surface area contributed by atoms with Crippen LogP contribution in [-0.2, 0) is 0 Å². The second-order valence-electron chi connectivity index (χ2n) is 6.80. The summed E-state index contributed by atoms with van der Waals surface area (Å²) in [5.74, 6) is -0.115. The van der Waals surface area contributed by atoms with Gasteiger partial charge in [0.15, 0.2) is 11.6 Å². The maximum atomic E-state index is 12.8. The lowest BCUT2D eigenvalue weighted by atomic mass is 10.2. The second-order valence-corrected chi connectivity index (χ2v) is 7.21. The quantitative estimate of drug-likeness (QED) is 0.475. The van der Waals surface area contributed by atoms with E-state index in [1.54, 1.807) is 53.2 Å². The van der Waals surface area contributed by atoms with Crippen molar-refractivity contribution < 1.29 is 14.0 Å². The van der Waals surface area contributed by atoms with Gasteiger partial charge in [0.1, 0.15) is 5.69 Å². The molecule has 0 bridgehead atoms. The molecule has 0 spiro atoms. The average Bonchev–Trinajstić information content (AvgIpc) is 3.39. The first kappa shape index (κ1) is 20.4. The van der Waals surface area contributed by atoms with Gasteiger partial charge in [0, 0.05) is 17.1 Å². The average molecular weight is 436 g/mol. The Morgan fingerprint density at radius 1 is 0.968 bits per heavy atom. The molecule has 156 valence electrons. The fourth-order valence-electron chi connectivity index (χ4n) is 3.00. The molecule has 2 amide bonds. The van der Waals surface area contributed by atoms with Gasteiger partial charge >= 0.3 is 0 Å². The van der Waals surface area contributed by atoms with Crippen molar-refractivity contribution in [2.75, 3.05) is 10.6 Å². The number of hydrogen-bond donors (Lipinski definition) is 2. The number of aryl methyl sites for hydroxylation is 2. The van der Waals surface area contributed by atoms with Crippen LogP contribution in [0.5, 0.6) is 0 Å². The Labute approximate surface area is 182 Å². The summed E-state index contributed by atoms with van der Waals surface area (Å²) >= 11 is 6.21. The lowest BCUT2D eigenvalue weighted by Gasteiger charge is -2.10. The number of carbonyl (C=O) groups is 2. The van der Waals surface area contributed by atoms with Crippen molar-refractivity contribution in [1.82, 2.24) is 14.8 Å². The van der Waals surface area contributed by atoms with Crippen LogP contribution in [0.4, 0.5) is 11.4 Å². The fraction of sp³-hybridized carbons (Fsp3) is 0.0909. The van der Waals surface area contributed by atoms with Gasteiger partial charge in [-0.1, -0.05) is 11.6 Å². The number of amides is 2. The number of nitrogens with zero attached hydrogens (tertiary/aromatic N) is 3. The van der Waals surface area contributed by atoms with E-state index in [0.29, 0.717) is 17.2 Å². The molecule has 9 heteroatoms. The second kappa shape index (κ2) is 8.45. The Hall–Kier alpha value is -3.91. The number of benzene rings is 1. The van der Waals surface area contributed by atoms with Crippen LogP contribution < -0.4 is 10.6 Å². The number of carbonyl (C=O) groups excluding carboxylic acids is 2. The van der Waals surface area contributed by atoms with Crippen molar-refractivity contribution in [3.05, 3.63) is 88.7 Å². The SMILES string of the molecule is Cc1cc(C)n(-c2ccc(Cl)c(C(=O)Nc3ccc(NC(=O)c4ccco4)cc3)n2)n1. The van der Waals surface area contributed by atoms with Crippen LogP contribution in [0.2, 0.25) is 5.02 Å². The lowest BCUT2D eigenvalue weighted by molar-refractivity contribution is 0.0994. The Kier molecular flexibility index (Phi) is 5.55. The number of halogens is 1. The summed E-state index contributed by atoms with van der Waals surface area (Å²) in [4.78, 5) is 29.2. The first-order chi connectivity index (χ1) is 14.9. The zero-order chi connectivity index (χ0) is 22.0. The molecule has 4 rings (SSSR count). The minimum Gasteiger partial charge on any atom is -0.459 e. The van der Waals surface area contributed by atoms with Crippen LogP contribution in [0.3, 0.4) is 0 Å². The van der Waals surface area contributed by atoms with Gasteiger partial charge in [-0.2, -0.15) is 5.10 Å². The van der Waals surface area contributed by atoms with E-state index in [1.807, 2.05) is 19.9 Å². The highest BCUT2D eigenvalue weighted by Crippen LogP contribution is 2.20. The largest absolute Gasteiger partial charge is 0.459 e. The van der Waals surface area contributed by atoms with Gasteiger partial charge < -0.3 is 15.1 Å². The highest BCUT2D eigenvalue weighted by Gasteiger charge is 2.16. The summed E-state index contributed by atoms with van der Waals surface area (Å²) in [6.45, 7) is 3.79. The first-order valence-corrected chi connectivity index (χ1v) is 9.75. The van der Waals surface area contributed by atoms with E-state index < -0.39 is 5.91 Å². The highest BCUT2D eigenvalue weighted by molar-refractivity contribution is 6.34. The van der Waals surface area contributed by atoms with E-state index in [1.165, 1.54) is 6.26 Å². The summed E-state index contributed by atoms with van der Waals surface area (Å²) < 4.78 is 6.71. The number of furan rings is 1. The van der Waals surface area contributed by atoms with Crippen molar-refractivity contribution in [2.24, 2.45) is 0 Å². The van der Waals surface area contributed by atoms with Crippen molar-refractivity contribution in [2.45, 2.75) is 13.8 Å². The monoisotopic (exact) mass is 435 g/mol. The van der Waals surface area contributed by atoms with Crippen molar-refractivity contribution in [3.63, 3.8) is 0 Å². The minimum absolute atomic E-state index is 0.0851. The lowest BCUT2D eigenvalue weighted by Crippen LogP contribution is -2.16. The van der Waals surface area contributed by atoms with Crippen LogP contribution in [0.25, 0.3) is 5.82 Å². The van der Waals surface area contributed by atoms with Gasteiger partial charge in [0.2, 0.25) is 0 Å². The van der Waals surface area contributed by atoms with Gasteiger partial charge in [-0.25, -0.2) is 9.67 Å². The number of rotatable bonds is 5. The smallest absolute Gasteiger partial charge is 0.291 e. The van der Waals surface area contributed by atoms with E-state index in [-0.39, 0.29) is 22.4 Å². The molecule has 0 aliphatic rings. The third-order valence-electron chi connectivity index (χ3n) is 4.42. The molecule has 0 saturated carbocycles.